The minimum Gasteiger partial charge on any atom is -0.493 e. The standard InChI is InChI=1S/C24H26N2O3S/c1-4-16-5-7-17(8-6-16)24-25-20(15-30-24)13-23(27)26-10-9-18-11-21(28-2)22(29-3)12-19(18)14-26/h5-8,11-12,15H,4,9-10,13-14H2,1-3H3. The molecule has 0 atom stereocenters. The minimum absolute atomic E-state index is 0.105. The van der Waals surface area contributed by atoms with Crippen molar-refractivity contribution in [1.82, 2.24) is 9.88 Å². The van der Waals surface area contributed by atoms with Gasteiger partial charge in [0.25, 0.3) is 0 Å². The molecule has 0 saturated carbocycles. The molecule has 2 aromatic carbocycles. The van der Waals surface area contributed by atoms with Crippen LogP contribution in [-0.4, -0.2) is 36.6 Å². The van der Waals surface area contributed by atoms with Gasteiger partial charge in [0.1, 0.15) is 5.01 Å². The number of benzene rings is 2. The number of rotatable bonds is 6. The Kier molecular flexibility index (Phi) is 6.04. The number of amides is 1. The van der Waals surface area contributed by atoms with Gasteiger partial charge in [0.2, 0.25) is 5.91 Å². The fourth-order valence-corrected chi connectivity index (χ4v) is 4.59. The van der Waals surface area contributed by atoms with Crippen LogP contribution in [-0.2, 0) is 30.6 Å². The number of aryl methyl sites for hydroxylation is 1. The lowest BCUT2D eigenvalue weighted by atomic mass is 9.98. The molecule has 0 unspecified atom stereocenters. The highest BCUT2D eigenvalue weighted by atomic mass is 32.1. The summed E-state index contributed by atoms with van der Waals surface area (Å²) in [5.74, 6) is 1.54. The van der Waals surface area contributed by atoms with Crippen LogP contribution < -0.4 is 9.47 Å². The zero-order valence-electron chi connectivity index (χ0n) is 17.6. The van der Waals surface area contributed by atoms with Crippen LogP contribution in [0.5, 0.6) is 11.5 Å². The number of carbonyl (C=O) groups excluding carboxylic acids is 1. The van der Waals surface area contributed by atoms with E-state index in [9.17, 15) is 4.79 Å². The van der Waals surface area contributed by atoms with E-state index in [2.05, 4.69) is 31.2 Å². The monoisotopic (exact) mass is 422 g/mol. The third kappa shape index (κ3) is 4.19. The number of ether oxygens (including phenoxy) is 2. The van der Waals surface area contributed by atoms with Gasteiger partial charge in [0, 0.05) is 24.0 Å². The Hall–Kier alpha value is -2.86. The van der Waals surface area contributed by atoms with Gasteiger partial charge in [-0.25, -0.2) is 4.98 Å². The van der Waals surface area contributed by atoms with E-state index in [4.69, 9.17) is 14.5 Å². The molecule has 0 N–H and O–H groups in total. The maximum Gasteiger partial charge on any atom is 0.228 e. The van der Waals surface area contributed by atoms with Crippen molar-refractivity contribution in [3.05, 3.63) is 64.2 Å². The highest BCUT2D eigenvalue weighted by Gasteiger charge is 2.23. The number of thiazole rings is 1. The van der Waals surface area contributed by atoms with Crippen molar-refractivity contribution in [2.45, 2.75) is 32.7 Å². The lowest BCUT2D eigenvalue weighted by molar-refractivity contribution is -0.131. The van der Waals surface area contributed by atoms with Gasteiger partial charge in [0.15, 0.2) is 11.5 Å². The van der Waals surface area contributed by atoms with Crippen LogP contribution in [0.15, 0.2) is 41.8 Å². The summed E-state index contributed by atoms with van der Waals surface area (Å²) in [5.41, 5.74) is 5.57. The maximum absolute atomic E-state index is 12.9. The van der Waals surface area contributed by atoms with Gasteiger partial charge < -0.3 is 14.4 Å². The molecule has 1 aromatic heterocycles. The molecular formula is C24H26N2O3S. The largest absolute Gasteiger partial charge is 0.493 e. The second-order valence-corrected chi connectivity index (χ2v) is 8.27. The second kappa shape index (κ2) is 8.88. The first-order valence-corrected chi connectivity index (χ1v) is 11.0. The third-order valence-corrected chi connectivity index (χ3v) is 6.50. The van der Waals surface area contributed by atoms with Gasteiger partial charge in [-0.2, -0.15) is 0 Å². The molecule has 4 rings (SSSR count). The van der Waals surface area contributed by atoms with Crippen LogP contribution in [0.2, 0.25) is 0 Å². The molecule has 0 bridgehead atoms. The van der Waals surface area contributed by atoms with Crippen molar-refractivity contribution >= 4 is 17.2 Å². The molecule has 1 amide bonds. The zero-order valence-corrected chi connectivity index (χ0v) is 18.4. The van der Waals surface area contributed by atoms with Gasteiger partial charge in [-0.1, -0.05) is 31.2 Å². The zero-order chi connectivity index (χ0) is 21.1. The molecule has 0 fully saturated rings. The van der Waals surface area contributed by atoms with Crippen molar-refractivity contribution in [3.63, 3.8) is 0 Å². The van der Waals surface area contributed by atoms with E-state index < -0.39 is 0 Å². The SMILES string of the molecule is CCc1ccc(-c2nc(CC(=O)N3CCc4cc(OC)c(OC)cc4C3)cs2)cc1. The number of hydrogen-bond donors (Lipinski definition) is 0. The number of hydrogen-bond acceptors (Lipinski definition) is 5. The van der Waals surface area contributed by atoms with Gasteiger partial charge in [-0.05, 0) is 41.7 Å². The second-order valence-electron chi connectivity index (χ2n) is 7.41. The van der Waals surface area contributed by atoms with Gasteiger partial charge in [-0.15, -0.1) is 11.3 Å². The Balaban J connectivity index is 1.44. The van der Waals surface area contributed by atoms with Crippen LogP contribution in [0.1, 0.15) is 29.3 Å². The molecule has 30 heavy (non-hydrogen) atoms. The van der Waals surface area contributed by atoms with Crippen molar-refractivity contribution in [2.24, 2.45) is 0 Å². The molecule has 5 nitrogen and oxygen atoms in total. The molecule has 2 heterocycles. The van der Waals surface area contributed by atoms with Crippen molar-refractivity contribution in [2.75, 3.05) is 20.8 Å². The van der Waals surface area contributed by atoms with Gasteiger partial charge in [0.05, 0.1) is 26.3 Å². The predicted octanol–water partition coefficient (Wildman–Crippen LogP) is 4.52. The van der Waals surface area contributed by atoms with Gasteiger partial charge in [-0.3, -0.25) is 4.79 Å². The normalized spacial score (nSPS) is 13.1. The first-order chi connectivity index (χ1) is 14.6. The summed E-state index contributed by atoms with van der Waals surface area (Å²) < 4.78 is 10.8. The Labute approximate surface area is 181 Å². The molecule has 0 spiro atoms. The summed E-state index contributed by atoms with van der Waals surface area (Å²) in [6.07, 6.45) is 2.16. The van der Waals surface area contributed by atoms with Crippen LogP contribution in [0, 0.1) is 0 Å². The maximum atomic E-state index is 12.9. The van der Waals surface area contributed by atoms with Crippen molar-refractivity contribution in [1.29, 1.82) is 0 Å². The Morgan fingerprint density at radius 3 is 2.47 bits per heavy atom. The van der Waals surface area contributed by atoms with E-state index in [-0.39, 0.29) is 5.91 Å². The number of methoxy groups -OCH3 is 2. The van der Waals surface area contributed by atoms with E-state index in [1.165, 1.54) is 11.1 Å². The number of aromatic nitrogens is 1. The quantitative estimate of drug-likeness (QED) is 0.586. The summed E-state index contributed by atoms with van der Waals surface area (Å²) in [4.78, 5) is 19.5. The number of nitrogens with zero attached hydrogens (tertiary/aromatic N) is 2. The average molecular weight is 423 g/mol. The number of carbonyl (C=O) groups is 1. The van der Waals surface area contributed by atoms with E-state index in [1.54, 1.807) is 25.6 Å². The summed E-state index contributed by atoms with van der Waals surface area (Å²) in [6, 6.07) is 12.5. The molecule has 1 aliphatic heterocycles. The topological polar surface area (TPSA) is 51.7 Å². The summed E-state index contributed by atoms with van der Waals surface area (Å²) in [5, 5.41) is 2.95. The van der Waals surface area contributed by atoms with E-state index >= 15 is 0 Å². The number of fused-ring (bicyclic) bond motifs is 1. The Bertz CT molecular complexity index is 1040. The van der Waals surface area contributed by atoms with E-state index in [0.717, 1.165) is 40.4 Å². The highest BCUT2D eigenvalue weighted by Crippen LogP contribution is 2.33. The minimum atomic E-state index is 0.105. The summed E-state index contributed by atoms with van der Waals surface area (Å²) in [7, 11) is 3.27. The lowest BCUT2D eigenvalue weighted by Crippen LogP contribution is -2.37. The molecule has 6 heteroatoms. The van der Waals surface area contributed by atoms with Crippen LogP contribution in [0.25, 0.3) is 10.6 Å². The highest BCUT2D eigenvalue weighted by molar-refractivity contribution is 7.13. The first-order valence-electron chi connectivity index (χ1n) is 10.2. The fourth-order valence-electron chi connectivity index (χ4n) is 3.77. The molecular weight excluding hydrogens is 396 g/mol. The molecule has 3 aromatic rings. The molecule has 156 valence electrons. The van der Waals surface area contributed by atoms with Crippen molar-refractivity contribution in [3.8, 4) is 22.1 Å². The Morgan fingerprint density at radius 2 is 1.80 bits per heavy atom. The molecule has 0 saturated heterocycles. The van der Waals surface area contributed by atoms with Crippen LogP contribution >= 0.6 is 11.3 Å². The average Bonchev–Trinajstić information content (AvgIpc) is 3.26. The van der Waals surface area contributed by atoms with Crippen LogP contribution in [0.3, 0.4) is 0 Å². The first kappa shape index (κ1) is 20.4. The smallest absolute Gasteiger partial charge is 0.228 e. The summed E-state index contributed by atoms with van der Waals surface area (Å²) in [6.45, 7) is 3.44. The molecule has 0 radical (unpaired) electrons. The van der Waals surface area contributed by atoms with Crippen molar-refractivity contribution < 1.29 is 14.3 Å². The predicted molar refractivity (Wildman–Crippen MR) is 119 cm³/mol. The lowest BCUT2D eigenvalue weighted by Gasteiger charge is -2.29. The van der Waals surface area contributed by atoms with Gasteiger partial charge >= 0.3 is 0 Å². The molecule has 0 aliphatic carbocycles. The molecule has 1 aliphatic rings. The fraction of sp³-hybridized carbons (Fsp3) is 0.333. The van der Waals surface area contributed by atoms with Crippen LogP contribution in [0.4, 0.5) is 0 Å². The van der Waals surface area contributed by atoms with E-state index in [0.29, 0.717) is 25.3 Å². The third-order valence-electron chi connectivity index (χ3n) is 5.56. The summed E-state index contributed by atoms with van der Waals surface area (Å²) >= 11 is 1.59. The Morgan fingerprint density at radius 1 is 1.10 bits per heavy atom. The van der Waals surface area contributed by atoms with E-state index in [1.807, 2.05) is 22.4 Å².